The molecule has 1 aromatic carbocycles. The van der Waals surface area contributed by atoms with E-state index in [4.69, 9.17) is 4.74 Å². The molecule has 2 fully saturated rings. The van der Waals surface area contributed by atoms with E-state index in [-0.39, 0.29) is 18.1 Å². The Bertz CT molecular complexity index is 1330. The molecule has 0 bridgehead atoms. The van der Waals surface area contributed by atoms with Gasteiger partial charge in [-0.05, 0) is 43.3 Å². The van der Waals surface area contributed by atoms with Crippen LogP contribution in [0.3, 0.4) is 0 Å². The molecule has 0 saturated carbocycles. The topological polar surface area (TPSA) is 148 Å². The molecule has 0 radical (unpaired) electrons. The van der Waals surface area contributed by atoms with Crippen molar-refractivity contribution in [2.45, 2.75) is 38.1 Å². The van der Waals surface area contributed by atoms with Gasteiger partial charge < -0.3 is 30.1 Å². The van der Waals surface area contributed by atoms with Crippen LogP contribution >= 0.6 is 0 Å². The first-order chi connectivity index (χ1) is 18.4. The normalized spacial score (nSPS) is 16.9. The van der Waals surface area contributed by atoms with E-state index in [0.717, 1.165) is 17.1 Å². The number of amides is 1. The van der Waals surface area contributed by atoms with Crippen LogP contribution in [-0.4, -0.2) is 80.5 Å². The monoisotopic (exact) mass is 515 g/mol. The number of nitriles is 1. The lowest BCUT2D eigenvalue weighted by Crippen LogP contribution is -2.51. The van der Waals surface area contributed by atoms with E-state index in [1.54, 1.807) is 35.5 Å². The number of aliphatic hydroxyl groups excluding tert-OH is 2. The summed E-state index contributed by atoms with van der Waals surface area (Å²) >= 11 is 0. The average Bonchev–Trinajstić information content (AvgIpc) is 2.92. The molecule has 0 spiro atoms. The van der Waals surface area contributed by atoms with E-state index in [0.29, 0.717) is 62.0 Å². The van der Waals surface area contributed by atoms with Crippen molar-refractivity contribution in [3.05, 3.63) is 54.4 Å². The van der Waals surface area contributed by atoms with Gasteiger partial charge in [-0.1, -0.05) is 0 Å². The summed E-state index contributed by atoms with van der Waals surface area (Å²) in [7, 11) is 0. The first-order valence-electron chi connectivity index (χ1n) is 12.6. The molecular weight excluding hydrogens is 486 g/mol. The van der Waals surface area contributed by atoms with Gasteiger partial charge in [0.05, 0.1) is 29.2 Å². The number of nitrogens with one attached hydrogen (secondary N) is 1. The highest BCUT2D eigenvalue weighted by molar-refractivity contribution is 5.80. The molecule has 0 unspecified atom stereocenters. The van der Waals surface area contributed by atoms with E-state index >= 15 is 0 Å². The SMILES string of the molecule is C[C@H](O)C(=O)N1CCC(Oc2ccc(-c3ccnc(Nc4ccc(N5CC(O)C5)nc4)n3)cc2C#N)CC1. The Morgan fingerprint density at radius 3 is 2.63 bits per heavy atom. The molecule has 1 amide bonds. The summed E-state index contributed by atoms with van der Waals surface area (Å²) in [5, 5.41) is 31.9. The van der Waals surface area contributed by atoms with Gasteiger partial charge in [0.25, 0.3) is 5.91 Å². The van der Waals surface area contributed by atoms with Crippen LogP contribution in [0.1, 0.15) is 25.3 Å². The van der Waals surface area contributed by atoms with E-state index in [2.05, 4.69) is 26.3 Å². The highest BCUT2D eigenvalue weighted by Gasteiger charge is 2.27. The zero-order valence-electron chi connectivity index (χ0n) is 21.0. The lowest BCUT2D eigenvalue weighted by atomic mass is 10.1. The molecule has 0 aliphatic carbocycles. The summed E-state index contributed by atoms with van der Waals surface area (Å²) in [6.45, 7) is 3.65. The summed E-state index contributed by atoms with van der Waals surface area (Å²) in [5.74, 6) is 1.42. The number of hydrogen-bond donors (Lipinski definition) is 3. The number of carbonyl (C=O) groups excluding carboxylic acids is 1. The Kier molecular flexibility index (Phi) is 7.35. The Morgan fingerprint density at radius 2 is 1.97 bits per heavy atom. The van der Waals surface area contributed by atoms with Gasteiger partial charge in [-0.15, -0.1) is 0 Å². The zero-order valence-corrected chi connectivity index (χ0v) is 21.0. The predicted molar refractivity (Wildman–Crippen MR) is 140 cm³/mol. The maximum absolute atomic E-state index is 12.0. The standard InChI is InChI=1S/C27H29N7O4/c1-17(35)26(37)33-10-7-22(8-11-33)38-24-4-2-18(12-19(24)13-28)23-6-9-29-27(32-23)31-20-3-5-25(30-14-20)34-15-21(36)16-34/h2-6,9,12,14,17,21-22,35-36H,7-8,10-11,15-16H2,1H3,(H,29,31,32)/t17-/m0/s1. The first kappa shape index (κ1) is 25.4. The van der Waals surface area contributed by atoms with Crippen molar-refractivity contribution in [3.63, 3.8) is 0 Å². The van der Waals surface area contributed by atoms with Crippen molar-refractivity contribution in [1.82, 2.24) is 19.9 Å². The number of benzene rings is 1. The maximum atomic E-state index is 12.0. The van der Waals surface area contributed by atoms with Crippen LogP contribution in [0.25, 0.3) is 11.3 Å². The number of pyridine rings is 1. The summed E-state index contributed by atoms with van der Waals surface area (Å²) in [6.07, 6.45) is 3.18. The van der Waals surface area contributed by atoms with Crippen LogP contribution in [0.5, 0.6) is 5.75 Å². The molecule has 2 saturated heterocycles. The number of nitrogens with zero attached hydrogens (tertiary/aromatic N) is 6. The highest BCUT2D eigenvalue weighted by Crippen LogP contribution is 2.29. The minimum atomic E-state index is -1.01. The molecule has 2 aliphatic heterocycles. The van der Waals surface area contributed by atoms with Crippen molar-refractivity contribution >= 4 is 23.4 Å². The largest absolute Gasteiger partial charge is 0.489 e. The molecule has 11 nitrogen and oxygen atoms in total. The van der Waals surface area contributed by atoms with Gasteiger partial charge in [-0.2, -0.15) is 5.26 Å². The third-order valence-electron chi connectivity index (χ3n) is 6.65. The quantitative estimate of drug-likeness (QED) is 0.427. The van der Waals surface area contributed by atoms with Crippen LogP contribution in [0, 0.1) is 11.3 Å². The molecular formula is C27H29N7O4. The molecule has 2 aliphatic rings. The molecule has 38 heavy (non-hydrogen) atoms. The van der Waals surface area contributed by atoms with Gasteiger partial charge in [0.2, 0.25) is 5.95 Å². The number of piperidine rings is 1. The van der Waals surface area contributed by atoms with E-state index in [1.807, 2.05) is 23.1 Å². The molecule has 1 atom stereocenters. The van der Waals surface area contributed by atoms with E-state index in [9.17, 15) is 20.3 Å². The molecule has 3 aromatic rings. The maximum Gasteiger partial charge on any atom is 0.251 e. The van der Waals surface area contributed by atoms with Crippen molar-refractivity contribution in [3.8, 4) is 23.1 Å². The number of carbonyl (C=O) groups is 1. The smallest absolute Gasteiger partial charge is 0.251 e. The van der Waals surface area contributed by atoms with Gasteiger partial charge in [0.1, 0.15) is 29.8 Å². The summed E-state index contributed by atoms with van der Waals surface area (Å²) < 4.78 is 6.11. The predicted octanol–water partition coefficient (Wildman–Crippen LogP) is 2.09. The molecule has 4 heterocycles. The molecule has 196 valence electrons. The second kappa shape index (κ2) is 11.0. The van der Waals surface area contributed by atoms with Crippen molar-refractivity contribution in [2.75, 3.05) is 36.4 Å². The van der Waals surface area contributed by atoms with Gasteiger partial charge in [-0.3, -0.25) is 4.79 Å². The van der Waals surface area contributed by atoms with Crippen molar-refractivity contribution in [2.24, 2.45) is 0 Å². The Hall–Kier alpha value is -4.27. The number of β-amino-alcohol motifs (C(OH)–C–C–N with tert-alkyl or cyclic N) is 1. The number of ether oxygens (including phenoxy) is 1. The Labute approximate surface area is 220 Å². The van der Waals surface area contributed by atoms with Crippen molar-refractivity contribution in [1.29, 1.82) is 5.26 Å². The molecule has 11 heteroatoms. The first-order valence-corrected chi connectivity index (χ1v) is 12.6. The number of rotatable bonds is 7. The lowest BCUT2D eigenvalue weighted by molar-refractivity contribution is -0.141. The van der Waals surface area contributed by atoms with Crippen LogP contribution < -0.4 is 15.0 Å². The number of aromatic nitrogens is 3. The van der Waals surface area contributed by atoms with Crippen LogP contribution in [0.15, 0.2) is 48.8 Å². The van der Waals surface area contributed by atoms with Gasteiger partial charge in [0, 0.05) is 50.8 Å². The van der Waals surface area contributed by atoms with E-state index < -0.39 is 6.10 Å². The second-order valence-corrected chi connectivity index (χ2v) is 9.50. The summed E-state index contributed by atoms with van der Waals surface area (Å²) in [4.78, 5) is 28.9. The highest BCUT2D eigenvalue weighted by atomic mass is 16.5. The summed E-state index contributed by atoms with van der Waals surface area (Å²) in [6, 6.07) is 13.1. The average molecular weight is 516 g/mol. The molecule has 5 rings (SSSR count). The van der Waals surface area contributed by atoms with Crippen LogP contribution in [-0.2, 0) is 4.79 Å². The lowest BCUT2D eigenvalue weighted by Gasteiger charge is -2.36. The second-order valence-electron chi connectivity index (χ2n) is 9.50. The van der Waals surface area contributed by atoms with Gasteiger partial charge in [0.15, 0.2) is 0 Å². The zero-order chi connectivity index (χ0) is 26.6. The van der Waals surface area contributed by atoms with Crippen molar-refractivity contribution < 1.29 is 19.7 Å². The number of anilines is 3. The summed E-state index contributed by atoms with van der Waals surface area (Å²) in [5.41, 5.74) is 2.53. The third kappa shape index (κ3) is 5.66. The third-order valence-corrected chi connectivity index (χ3v) is 6.65. The fraction of sp³-hybridized carbons (Fsp3) is 0.370. The Balaban J connectivity index is 1.23. The van der Waals surface area contributed by atoms with Crippen LogP contribution in [0.2, 0.25) is 0 Å². The number of likely N-dealkylation sites (tertiary alicyclic amines) is 1. The molecule has 3 N–H and O–H groups in total. The fourth-order valence-electron chi connectivity index (χ4n) is 4.52. The van der Waals surface area contributed by atoms with Crippen LogP contribution in [0.4, 0.5) is 17.5 Å². The van der Waals surface area contributed by atoms with E-state index in [1.165, 1.54) is 6.92 Å². The number of aliphatic hydroxyl groups is 2. The molecule has 2 aromatic heterocycles. The minimum absolute atomic E-state index is 0.119. The van der Waals surface area contributed by atoms with Gasteiger partial charge >= 0.3 is 0 Å². The minimum Gasteiger partial charge on any atom is -0.489 e. The Morgan fingerprint density at radius 1 is 1.18 bits per heavy atom. The fourth-order valence-corrected chi connectivity index (χ4v) is 4.52. The van der Waals surface area contributed by atoms with Gasteiger partial charge in [-0.25, -0.2) is 15.0 Å². The number of hydrogen-bond acceptors (Lipinski definition) is 10.